The van der Waals surface area contributed by atoms with Crippen LogP contribution in [0.2, 0.25) is 0 Å². The largest absolute Gasteiger partial charge is 0.309 e. The molecule has 0 aliphatic carbocycles. The Morgan fingerprint density at radius 3 is 2.77 bits per heavy atom. The molecule has 5 rings (SSSR count). The van der Waals surface area contributed by atoms with Crippen molar-refractivity contribution in [1.82, 2.24) is 25.1 Å². The molecule has 1 amide bonds. The van der Waals surface area contributed by atoms with Gasteiger partial charge in [-0.25, -0.2) is 4.98 Å². The fraction of sp³-hybridized carbons (Fsp3) is 0.105. The summed E-state index contributed by atoms with van der Waals surface area (Å²) in [5.41, 5.74) is 5.07. The van der Waals surface area contributed by atoms with Gasteiger partial charge in [-0.15, -0.1) is 0 Å². The molecule has 0 saturated heterocycles. The average molecular weight is 342 g/mol. The van der Waals surface area contributed by atoms with E-state index in [2.05, 4.69) is 25.5 Å². The van der Waals surface area contributed by atoms with Crippen LogP contribution in [0.4, 0.5) is 5.82 Å². The molecule has 1 aliphatic heterocycles. The van der Waals surface area contributed by atoms with E-state index >= 15 is 0 Å². The number of para-hydroxylation sites is 2. The lowest BCUT2D eigenvalue weighted by Crippen LogP contribution is -2.24. The Kier molecular flexibility index (Phi) is 3.24. The maximum Gasteiger partial charge on any atom is 0.226 e. The molecule has 7 heteroatoms. The van der Waals surface area contributed by atoms with E-state index in [4.69, 9.17) is 4.98 Å². The number of amides is 1. The third-order valence-electron chi connectivity index (χ3n) is 4.57. The van der Waals surface area contributed by atoms with Gasteiger partial charge in [0.15, 0.2) is 5.82 Å². The summed E-state index contributed by atoms with van der Waals surface area (Å²) >= 11 is 0. The first-order valence-electron chi connectivity index (χ1n) is 8.30. The molecular weight excluding hydrogens is 328 g/mol. The van der Waals surface area contributed by atoms with Crippen molar-refractivity contribution in [2.24, 2.45) is 0 Å². The highest BCUT2D eigenvalue weighted by atomic mass is 16.1. The number of aromatic nitrogens is 5. The van der Waals surface area contributed by atoms with E-state index in [9.17, 15) is 4.79 Å². The predicted molar refractivity (Wildman–Crippen MR) is 96.4 cm³/mol. The summed E-state index contributed by atoms with van der Waals surface area (Å²) in [6.07, 6.45) is 5.54. The Morgan fingerprint density at radius 1 is 1.04 bits per heavy atom. The number of benzene rings is 1. The van der Waals surface area contributed by atoms with Crippen molar-refractivity contribution in [1.29, 1.82) is 0 Å². The molecule has 126 valence electrons. The number of nitrogens with one attached hydrogen (secondary N) is 2. The van der Waals surface area contributed by atoms with Gasteiger partial charge in [-0.3, -0.25) is 19.9 Å². The Hall–Kier alpha value is -3.61. The van der Waals surface area contributed by atoms with Crippen LogP contribution < -0.4 is 5.32 Å². The van der Waals surface area contributed by atoms with Crippen LogP contribution in [-0.2, 0) is 4.79 Å². The zero-order valence-corrected chi connectivity index (χ0v) is 13.7. The van der Waals surface area contributed by atoms with E-state index in [1.165, 1.54) is 0 Å². The summed E-state index contributed by atoms with van der Waals surface area (Å²) in [6.45, 7) is 0. The zero-order valence-electron chi connectivity index (χ0n) is 13.7. The van der Waals surface area contributed by atoms with Gasteiger partial charge in [0.05, 0.1) is 22.4 Å². The number of carbonyl (C=O) groups is 1. The summed E-state index contributed by atoms with van der Waals surface area (Å²) in [4.78, 5) is 25.6. The molecule has 1 aromatic carbocycles. The van der Waals surface area contributed by atoms with Crippen LogP contribution in [0.1, 0.15) is 23.6 Å². The van der Waals surface area contributed by atoms with Gasteiger partial charge in [0.2, 0.25) is 5.91 Å². The molecule has 4 aromatic rings. The second kappa shape index (κ2) is 5.73. The number of anilines is 1. The number of hydrogen-bond acceptors (Lipinski definition) is 5. The zero-order chi connectivity index (χ0) is 17.5. The molecule has 0 radical (unpaired) electrons. The minimum atomic E-state index is -0.218. The standard InChI is InChI=1S/C19H14N6O/c26-16-8-12(15-10-21-13-5-1-2-6-14(13)22-15)17-18(24-25-19(17)23-16)11-4-3-7-20-9-11/h1-7,9-10,12H,8H2,(H2,23,24,25,26). The summed E-state index contributed by atoms with van der Waals surface area (Å²) in [6, 6.07) is 11.5. The minimum Gasteiger partial charge on any atom is -0.309 e. The van der Waals surface area contributed by atoms with Gasteiger partial charge >= 0.3 is 0 Å². The van der Waals surface area contributed by atoms with Crippen molar-refractivity contribution in [3.05, 3.63) is 66.2 Å². The first-order chi connectivity index (χ1) is 12.8. The van der Waals surface area contributed by atoms with E-state index in [-0.39, 0.29) is 11.8 Å². The first kappa shape index (κ1) is 14.7. The van der Waals surface area contributed by atoms with E-state index in [0.29, 0.717) is 12.2 Å². The van der Waals surface area contributed by atoms with Crippen molar-refractivity contribution >= 4 is 22.8 Å². The summed E-state index contributed by atoms with van der Waals surface area (Å²) in [7, 11) is 0. The van der Waals surface area contributed by atoms with E-state index in [1.54, 1.807) is 18.6 Å². The van der Waals surface area contributed by atoms with Crippen molar-refractivity contribution in [3.63, 3.8) is 0 Å². The van der Waals surface area contributed by atoms with Crippen molar-refractivity contribution < 1.29 is 4.79 Å². The van der Waals surface area contributed by atoms with Crippen LogP contribution in [0.3, 0.4) is 0 Å². The van der Waals surface area contributed by atoms with Gasteiger partial charge in [0, 0.05) is 42.1 Å². The van der Waals surface area contributed by atoms with Crippen LogP contribution in [0.5, 0.6) is 0 Å². The van der Waals surface area contributed by atoms with Crippen LogP contribution in [0.25, 0.3) is 22.3 Å². The van der Waals surface area contributed by atoms with Gasteiger partial charge in [-0.1, -0.05) is 12.1 Å². The fourth-order valence-electron chi connectivity index (χ4n) is 3.38. The molecule has 0 saturated carbocycles. The first-order valence-corrected chi connectivity index (χ1v) is 8.30. The van der Waals surface area contributed by atoms with E-state index in [0.717, 1.165) is 33.5 Å². The lowest BCUT2D eigenvalue weighted by molar-refractivity contribution is -0.116. The second-order valence-corrected chi connectivity index (χ2v) is 6.19. The molecule has 2 N–H and O–H groups in total. The molecule has 3 aromatic heterocycles. The van der Waals surface area contributed by atoms with Gasteiger partial charge in [0.1, 0.15) is 0 Å². The van der Waals surface area contributed by atoms with Crippen molar-refractivity contribution in [2.75, 3.05) is 5.32 Å². The Morgan fingerprint density at radius 2 is 1.92 bits per heavy atom. The third-order valence-corrected chi connectivity index (χ3v) is 4.57. The number of fused-ring (bicyclic) bond motifs is 2. The normalized spacial score (nSPS) is 16.3. The van der Waals surface area contributed by atoms with Crippen LogP contribution in [-0.4, -0.2) is 31.1 Å². The molecule has 26 heavy (non-hydrogen) atoms. The maximum atomic E-state index is 12.2. The van der Waals surface area contributed by atoms with Crippen LogP contribution in [0.15, 0.2) is 55.0 Å². The molecule has 0 spiro atoms. The fourth-order valence-corrected chi connectivity index (χ4v) is 3.38. The molecule has 1 unspecified atom stereocenters. The quantitative estimate of drug-likeness (QED) is 0.584. The van der Waals surface area contributed by atoms with Gasteiger partial charge < -0.3 is 5.32 Å². The molecular formula is C19H14N6O. The smallest absolute Gasteiger partial charge is 0.226 e. The highest BCUT2D eigenvalue weighted by Gasteiger charge is 2.33. The van der Waals surface area contributed by atoms with Crippen molar-refractivity contribution in [3.8, 4) is 11.3 Å². The maximum absolute atomic E-state index is 12.2. The van der Waals surface area contributed by atoms with Gasteiger partial charge in [0.25, 0.3) is 0 Å². The van der Waals surface area contributed by atoms with Crippen LogP contribution >= 0.6 is 0 Å². The summed E-state index contributed by atoms with van der Waals surface area (Å²) in [5.74, 6) is 0.242. The number of hydrogen-bond donors (Lipinski definition) is 2. The number of pyridine rings is 1. The van der Waals surface area contributed by atoms with Crippen molar-refractivity contribution in [2.45, 2.75) is 12.3 Å². The molecule has 0 bridgehead atoms. The highest BCUT2D eigenvalue weighted by molar-refractivity contribution is 5.96. The summed E-state index contributed by atoms with van der Waals surface area (Å²) in [5, 5.41) is 10.2. The predicted octanol–water partition coefficient (Wildman–Crippen LogP) is 2.89. The Labute approximate surface area is 148 Å². The average Bonchev–Trinajstić information content (AvgIpc) is 3.11. The molecule has 1 atom stereocenters. The topological polar surface area (TPSA) is 96.5 Å². The number of carbonyl (C=O) groups excluding carboxylic acids is 1. The van der Waals surface area contributed by atoms with E-state index in [1.807, 2.05) is 36.4 Å². The Bertz CT molecular complexity index is 1120. The van der Waals surface area contributed by atoms with Crippen LogP contribution in [0, 0.1) is 0 Å². The van der Waals surface area contributed by atoms with Gasteiger partial charge in [-0.05, 0) is 24.3 Å². The molecule has 0 fully saturated rings. The minimum absolute atomic E-state index is 0.0818. The Balaban J connectivity index is 1.68. The van der Waals surface area contributed by atoms with Gasteiger partial charge in [-0.2, -0.15) is 5.10 Å². The van der Waals surface area contributed by atoms with E-state index < -0.39 is 0 Å². The third kappa shape index (κ3) is 2.33. The summed E-state index contributed by atoms with van der Waals surface area (Å²) < 4.78 is 0. The monoisotopic (exact) mass is 342 g/mol. The number of rotatable bonds is 2. The number of nitrogens with zero attached hydrogens (tertiary/aromatic N) is 4. The lowest BCUT2D eigenvalue weighted by Gasteiger charge is -2.22. The molecule has 4 heterocycles. The molecule has 7 nitrogen and oxygen atoms in total. The number of aromatic amines is 1. The lowest BCUT2D eigenvalue weighted by atomic mass is 9.88. The second-order valence-electron chi connectivity index (χ2n) is 6.19. The number of H-pyrrole nitrogens is 1. The molecule has 1 aliphatic rings. The SMILES string of the molecule is O=C1CC(c2cnc3ccccc3n2)c2c(n[nH]c2-c2cccnc2)N1. The highest BCUT2D eigenvalue weighted by Crippen LogP contribution is 2.40.